The Kier molecular flexibility index (Phi) is 7.95. The summed E-state index contributed by atoms with van der Waals surface area (Å²) < 4.78 is 12.6. The lowest BCUT2D eigenvalue weighted by atomic mass is 10.1. The van der Waals surface area contributed by atoms with Crippen molar-refractivity contribution in [2.75, 3.05) is 11.5 Å². The third kappa shape index (κ3) is 5.55. The van der Waals surface area contributed by atoms with Crippen LogP contribution in [-0.4, -0.2) is 24.5 Å². The van der Waals surface area contributed by atoms with Crippen molar-refractivity contribution in [2.24, 2.45) is 0 Å². The predicted molar refractivity (Wildman–Crippen MR) is 146 cm³/mol. The van der Waals surface area contributed by atoms with Crippen molar-refractivity contribution in [3.05, 3.63) is 91.5 Å². The normalized spacial score (nSPS) is 14.7. The summed E-state index contributed by atoms with van der Waals surface area (Å²) in [6, 6.07) is 17.0. The van der Waals surface area contributed by atoms with Gasteiger partial charge in [0.05, 0.1) is 15.9 Å². The van der Waals surface area contributed by atoms with Gasteiger partial charge in [-0.2, -0.15) is 0 Å². The van der Waals surface area contributed by atoms with Gasteiger partial charge in [-0.15, -0.1) is 0 Å². The van der Waals surface area contributed by atoms with Crippen LogP contribution >= 0.6 is 34.2 Å². The first kappa shape index (κ1) is 25.7. The molecule has 1 fully saturated rings. The maximum Gasteiger partial charge on any atom is 0.335 e. The number of rotatable bonds is 7. The van der Waals surface area contributed by atoms with Crippen LogP contribution in [0.1, 0.15) is 23.6 Å². The van der Waals surface area contributed by atoms with E-state index < -0.39 is 17.8 Å². The molecule has 3 aromatic carbocycles. The van der Waals surface area contributed by atoms with Gasteiger partial charge in [-0.1, -0.05) is 41.9 Å². The summed E-state index contributed by atoms with van der Waals surface area (Å²) in [5.74, 6) is -0.489. The molecule has 1 N–H and O–H groups in total. The number of carbonyl (C=O) groups is 3. The molecule has 1 saturated heterocycles. The Labute approximate surface area is 227 Å². The minimum Gasteiger partial charge on any atom is -0.490 e. The number of urea groups is 1. The van der Waals surface area contributed by atoms with Crippen LogP contribution in [0.4, 0.5) is 10.5 Å². The van der Waals surface area contributed by atoms with E-state index in [2.05, 4.69) is 27.9 Å². The van der Waals surface area contributed by atoms with Crippen LogP contribution in [0, 0.1) is 10.5 Å². The van der Waals surface area contributed by atoms with E-state index in [0.29, 0.717) is 37.9 Å². The summed E-state index contributed by atoms with van der Waals surface area (Å²) in [6.07, 6.45) is 1.44. The summed E-state index contributed by atoms with van der Waals surface area (Å²) in [4.78, 5) is 39.2. The summed E-state index contributed by atoms with van der Waals surface area (Å²) >= 11 is 8.36. The third-order valence-corrected chi connectivity index (χ3v) is 6.50. The molecule has 4 rings (SSSR count). The van der Waals surface area contributed by atoms with Crippen LogP contribution in [0.3, 0.4) is 0 Å². The lowest BCUT2D eigenvalue weighted by Crippen LogP contribution is -2.54. The molecule has 0 atom stereocenters. The number of carbonyl (C=O) groups excluding carboxylic acids is 3. The monoisotopic (exact) mass is 616 g/mol. The Balaban J connectivity index is 1.67. The molecule has 1 aliphatic rings. The largest absolute Gasteiger partial charge is 0.490 e. The van der Waals surface area contributed by atoms with Crippen molar-refractivity contribution in [1.82, 2.24) is 5.32 Å². The van der Waals surface area contributed by atoms with Crippen molar-refractivity contribution >= 4 is 63.8 Å². The van der Waals surface area contributed by atoms with Crippen LogP contribution in [0.25, 0.3) is 6.08 Å². The predicted octanol–water partition coefficient (Wildman–Crippen LogP) is 5.90. The molecule has 184 valence electrons. The fourth-order valence-electron chi connectivity index (χ4n) is 3.67. The average Bonchev–Trinajstić information content (AvgIpc) is 2.82. The number of ether oxygens (including phenoxy) is 2. The number of aryl methyl sites for hydroxylation is 1. The highest BCUT2D eigenvalue weighted by Gasteiger charge is 2.37. The smallest absolute Gasteiger partial charge is 0.335 e. The molecule has 0 saturated carbocycles. The number of hydrogen-bond donors (Lipinski definition) is 1. The molecule has 1 aliphatic heterocycles. The van der Waals surface area contributed by atoms with Crippen molar-refractivity contribution in [3.8, 4) is 11.5 Å². The van der Waals surface area contributed by atoms with Crippen LogP contribution in [0.2, 0.25) is 5.02 Å². The maximum absolute atomic E-state index is 13.2. The van der Waals surface area contributed by atoms with Crippen LogP contribution in [0.5, 0.6) is 11.5 Å². The first-order valence-corrected chi connectivity index (χ1v) is 12.5. The van der Waals surface area contributed by atoms with Crippen LogP contribution < -0.4 is 19.7 Å². The molecule has 0 aromatic heterocycles. The summed E-state index contributed by atoms with van der Waals surface area (Å²) in [5, 5.41) is 2.84. The van der Waals surface area contributed by atoms with E-state index in [1.165, 1.54) is 6.08 Å². The van der Waals surface area contributed by atoms with E-state index in [4.69, 9.17) is 21.1 Å². The van der Waals surface area contributed by atoms with Gasteiger partial charge in [-0.25, -0.2) is 9.69 Å². The third-order valence-electron chi connectivity index (χ3n) is 5.33. The molecule has 0 aliphatic carbocycles. The molecule has 0 radical (unpaired) electrons. The number of anilines is 1. The number of halogens is 2. The second kappa shape index (κ2) is 11.1. The number of hydrogen-bond acceptors (Lipinski definition) is 5. The first-order chi connectivity index (χ1) is 17.3. The minimum absolute atomic E-state index is 0.168. The lowest BCUT2D eigenvalue weighted by molar-refractivity contribution is -0.122. The zero-order chi connectivity index (χ0) is 25.8. The van der Waals surface area contributed by atoms with Crippen molar-refractivity contribution in [2.45, 2.75) is 20.5 Å². The second-order valence-electron chi connectivity index (χ2n) is 7.94. The molecule has 9 heteroatoms. The molecule has 36 heavy (non-hydrogen) atoms. The summed E-state index contributed by atoms with van der Waals surface area (Å²) in [7, 11) is 0. The van der Waals surface area contributed by atoms with Crippen molar-refractivity contribution < 1.29 is 23.9 Å². The first-order valence-electron chi connectivity index (χ1n) is 11.1. The summed E-state index contributed by atoms with van der Waals surface area (Å²) in [5.41, 5.74) is 2.46. The highest BCUT2D eigenvalue weighted by molar-refractivity contribution is 14.1. The quantitative estimate of drug-likeness (QED) is 0.203. The van der Waals surface area contributed by atoms with Crippen LogP contribution in [0.15, 0.2) is 66.2 Å². The van der Waals surface area contributed by atoms with E-state index in [-0.39, 0.29) is 12.2 Å². The number of nitrogens with zero attached hydrogens (tertiary/aromatic N) is 1. The topological polar surface area (TPSA) is 84.9 Å². The standard InChI is InChI=1S/C27H22ClIN2O5/c1-3-35-23-14-17(13-22(29)24(23)36-15-18-8-4-5-10-21(18)28)12-20-25(32)30-27(34)31(26(20)33)19-9-6-7-16(2)11-19/h4-14H,3,15H2,1-2H3,(H,30,32,34)/b20-12+. The summed E-state index contributed by atoms with van der Waals surface area (Å²) in [6.45, 7) is 4.32. The van der Waals surface area contributed by atoms with Gasteiger partial charge in [0.25, 0.3) is 11.8 Å². The van der Waals surface area contributed by atoms with Crippen molar-refractivity contribution in [1.29, 1.82) is 0 Å². The molecule has 1 heterocycles. The molecule has 0 unspecified atom stereocenters. The van der Waals surface area contributed by atoms with E-state index in [1.807, 2.05) is 38.1 Å². The molecular formula is C27H22ClIN2O5. The average molecular weight is 617 g/mol. The highest BCUT2D eigenvalue weighted by Crippen LogP contribution is 2.36. The molecule has 4 amide bonds. The highest BCUT2D eigenvalue weighted by atomic mass is 127. The molecule has 3 aromatic rings. The zero-order valence-electron chi connectivity index (χ0n) is 19.5. The van der Waals surface area contributed by atoms with E-state index in [0.717, 1.165) is 16.0 Å². The van der Waals surface area contributed by atoms with Gasteiger partial charge in [0.2, 0.25) is 0 Å². The molecular weight excluding hydrogens is 595 g/mol. The Bertz CT molecular complexity index is 1390. The Morgan fingerprint density at radius 1 is 1.03 bits per heavy atom. The van der Waals surface area contributed by atoms with Gasteiger partial charge < -0.3 is 9.47 Å². The van der Waals surface area contributed by atoms with Gasteiger partial charge in [0.1, 0.15) is 12.2 Å². The number of amides is 4. The number of benzene rings is 3. The van der Waals surface area contributed by atoms with E-state index >= 15 is 0 Å². The van der Waals surface area contributed by atoms with Crippen molar-refractivity contribution in [3.63, 3.8) is 0 Å². The number of nitrogens with one attached hydrogen (secondary N) is 1. The number of imide groups is 2. The molecule has 7 nitrogen and oxygen atoms in total. The van der Waals surface area contributed by atoms with E-state index in [9.17, 15) is 14.4 Å². The number of barbiturate groups is 1. The Hall–Kier alpha value is -3.37. The van der Waals surface area contributed by atoms with Gasteiger partial charge in [-0.3, -0.25) is 14.9 Å². The minimum atomic E-state index is -0.791. The van der Waals surface area contributed by atoms with Gasteiger partial charge in [-0.05, 0) is 84.0 Å². The van der Waals surface area contributed by atoms with Gasteiger partial charge >= 0.3 is 6.03 Å². The Morgan fingerprint density at radius 3 is 2.53 bits per heavy atom. The second-order valence-corrected chi connectivity index (χ2v) is 9.51. The fraction of sp³-hybridized carbons (Fsp3) is 0.148. The van der Waals surface area contributed by atoms with Gasteiger partial charge in [0, 0.05) is 10.6 Å². The lowest BCUT2D eigenvalue weighted by Gasteiger charge is -2.26. The van der Waals surface area contributed by atoms with Crippen LogP contribution in [-0.2, 0) is 16.2 Å². The SMILES string of the molecule is CCOc1cc(/C=C2\C(=O)NC(=O)N(c3cccc(C)c3)C2=O)cc(I)c1OCc1ccccc1Cl. The molecule has 0 bridgehead atoms. The Morgan fingerprint density at radius 2 is 1.81 bits per heavy atom. The zero-order valence-corrected chi connectivity index (χ0v) is 22.4. The molecule has 0 spiro atoms. The van der Waals surface area contributed by atoms with E-state index in [1.54, 1.807) is 36.4 Å². The van der Waals surface area contributed by atoms with Gasteiger partial charge in [0.15, 0.2) is 11.5 Å². The fourth-order valence-corrected chi connectivity index (χ4v) is 4.64. The maximum atomic E-state index is 13.2.